The van der Waals surface area contributed by atoms with E-state index in [4.69, 9.17) is 15.8 Å². The highest BCUT2D eigenvalue weighted by molar-refractivity contribution is 5.42. The number of hydrogen-bond donors (Lipinski definition) is 2. The average molecular weight is 277 g/mol. The Morgan fingerprint density at radius 3 is 2.80 bits per heavy atom. The van der Waals surface area contributed by atoms with Gasteiger partial charge < -0.3 is 9.84 Å². The Balaban J connectivity index is 2.02. The lowest BCUT2D eigenvalue weighted by Gasteiger charge is -2.33. The Kier molecular flexibility index (Phi) is 4.87. The van der Waals surface area contributed by atoms with Crippen molar-refractivity contribution in [3.05, 3.63) is 23.5 Å². The molecule has 1 aromatic heterocycles. The van der Waals surface area contributed by atoms with Gasteiger partial charge in [0.15, 0.2) is 0 Å². The first-order valence-corrected chi connectivity index (χ1v) is 6.48. The monoisotopic (exact) mass is 277 g/mol. The smallest absolute Gasteiger partial charge is 0.140 e. The summed E-state index contributed by atoms with van der Waals surface area (Å²) in [7, 11) is 1.49. The first-order valence-electron chi connectivity index (χ1n) is 6.48. The molecule has 0 amide bonds. The number of rotatable bonds is 4. The topological polar surface area (TPSA) is 98.6 Å². The molecule has 0 saturated carbocycles. The minimum Gasteiger partial charge on any atom is -0.495 e. The van der Waals surface area contributed by atoms with Crippen LogP contribution in [0.5, 0.6) is 5.75 Å². The fourth-order valence-electron chi connectivity index (χ4n) is 2.17. The summed E-state index contributed by atoms with van der Waals surface area (Å²) in [5.74, 6) is 6.13. The zero-order valence-electron chi connectivity index (χ0n) is 11.5. The third-order valence-corrected chi connectivity index (χ3v) is 3.41. The number of aliphatic hydroxyl groups is 1. The average Bonchev–Trinajstić information content (AvgIpc) is 2.48. The van der Waals surface area contributed by atoms with Gasteiger partial charge >= 0.3 is 0 Å². The van der Waals surface area contributed by atoms with Gasteiger partial charge in [0.25, 0.3) is 0 Å². The number of hydrazine groups is 1. The number of aromatic nitrogens is 1. The number of pyridine rings is 1. The summed E-state index contributed by atoms with van der Waals surface area (Å²) in [5.41, 5.74) is 0.872. The Bertz CT molecular complexity index is 494. The zero-order valence-corrected chi connectivity index (χ0v) is 11.5. The Labute approximate surface area is 118 Å². The maximum Gasteiger partial charge on any atom is 0.140 e. The van der Waals surface area contributed by atoms with Gasteiger partial charge in [0.1, 0.15) is 23.5 Å². The fourth-order valence-corrected chi connectivity index (χ4v) is 2.17. The summed E-state index contributed by atoms with van der Waals surface area (Å²) in [6.45, 7) is 3.71. The molecule has 1 fully saturated rings. The van der Waals surface area contributed by atoms with Crippen LogP contribution in [-0.4, -0.2) is 59.8 Å². The van der Waals surface area contributed by atoms with Crippen LogP contribution in [-0.2, 0) is 0 Å². The molecule has 2 rings (SSSR count). The van der Waals surface area contributed by atoms with E-state index in [1.54, 1.807) is 11.1 Å². The summed E-state index contributed by atoms with van der Waals surface area (Å²) in [6.07, 6.45) is 0.718. The molecule has 20 heavy (non-hydrogen) atoms. The SMILES string of the molecule is COc1cc(C(O)CN2CCN(N)CC2)ncc1C#N. The second-order valence-electron chi connectivity index (χ2n) is 4.77. The van der Waals surface area contributed by atoms with Gasteiger partial charge in [-0.05, 0) is 0 Å². The number of piperazine rings is 1. The number of ether oxygens (including phenoxy) is 1. The van der Waals surface area contributed by atoms with E-state index in [0.717, 1.165) is 26.2 Å². The summed E-state index contributed by atoms with van der Waals surface area (Å²) < 4.78 is 5.12. The lowest BCUT2D eigenvalue weighted by molar-refractivity contribution is 0.0706. The zero-order chi connectivity index (χ0) is 14.5. The van der Waals surface area contributed by atoms with Crippen LogP contribution >= 0.6 is 0 Å². The first-order chi connectivity index (χ1) is 9.63. The third-order valence-electron chi connectivity index (χ3n) is 3.41. The molecule has 3 N–H and O–H groups in total. The molecular weight excluding hydrogens is 258 g/mol. The van der Waals surface area contributed by atoms with Crippen molar-refractivity contribution >= 4 is 0 Å². The molecule has 108 valence electrons. The second kappa shape index (κ2) is 6.63. The van der Waals surface area contributed by atoms with Crippen molar-refractivity contribution in [2.75, 3.05) is 39.8 Å². The van der Waals surface area contributed by atoms with Crippen molar-refractivity contribution in [3.63, 3.8) is 0 Å². The van der Waals surface area contributed by atoms with E-state index >= 15 is 0 Å². The van der Waals surface area contributed by atoms with E-state index in [1.165, 1.54) is 13.3 Å². The van der Waals surface area contributed by atoms with Gasteiger partial charge in [-0.1, -0.05) is 0 Å². The Morgan fingerprint density at radius 2 is 2.20 bits per heavy atom. The number of nitrogens with zero attached hydrogens (tertiary/aromatic N) is 4. The lowest BCUT2D eigenvalue weighted by Crippen LogP contribution is -2.50. The number of methoxy groups -OCH3 is 1. The molecular formula is C13H19N5O2. The maximum atomic E-state index is 10.2. The highest BCUT2D eigenvalue weighted by Gasteiger charge is 2.20. The van der Waals surface area contributed by atoms with Gasteiger partial charge in [-0.25, -0.2) is 5.01 Å². The van der Waals surface area contributed by atoms with Crippen molar-refractivity contribution in [1.29, 1.82) is 5.26 Å². The second-order valence-corrected chi connectivity index (χ2v) is 4.77. The molecule has 0 aliphatic carbocycles. The Hall–Kier alpha value is -1.72. The summed E-state index contributed by atoms with van der Waals surface area (Å²) >= 11 is 0. The van der Waals surface area contributed by atoms with Gasteiger partial charge in [-0.3, -0.25) is 15.7 Å². The predicted molar refractivity (Wildman–Crippen MR) is 72.7 cm³/mol. The quantitative estimate of drug-likeness (QED) is 0.715. The first kappa shape index (κ1) is 14.7. The van der Waals surface area contributed by atoms with Gasteiger partial charge in [0.05, 0.1) is 12.8 Å². The number of β-amino-alcohol motifs (C(OH)–C–C–N with tert-alkyl or cyclic N) is 1. The van der Waals surface area contributed by atoms with Crippen molar-refractivity contribution < 1.29 is 9.84 Å². The standard InChI is InChI=1S/C13H19N5O2/c1-20-13-6-11(16-8-10(13)7-14)12(19)9-17-2-4-18(15)5-3-17/h6,8,12,19H,2-5,9,15H2,1H3. The molecule has 1 unspecified atom stereocenters. The Morgan fingerprint density at radius 1 is 1.50 bits per heavy atom. The van der Waals surface area contributed by atoms with Crippen LogP contribution in [0.4, 0.5) is 0 Å². The van der Waals surface area contributed by atoms with E-state index in [1.807, 2.05) is 6.07 Å². The molecule has 2 heterocycles. The van der Waals surface area contributed by atoms with E-state index < -0.39 is 6.10 Å². The molecule has 1 atom stereocenters. The van der Waals surface area contributed by atoms with Gasteiger partial charge in [0, 0.05) is 45.0 Å². The van der Waals surface area contributed by atoms with E-state index in [2.05, 4.69) is 9.88 Å². The highest BCUT2D eigenvalue weighted by Crippen LogP contribution is 2.21. The van der Waals surface area contributed by atoms with Gasteiger partial charge in [-0.2, -0.15) is 5.26 Å². The van der Waals surface area contributed by atoms with E-state index in [-0.39, 0.29) is 0 Å². The summed E-state index contributed by atoms with van der Waals surface area (Å²) in [4.78, 5) is 6.26. The van der Waals surface area contributed by atoms with Crippen LogP contribution in [0.1, 0.15) is 17.4 Å². The molecule has 1 aliphatic heterocycles. The van der Waals surface area contributed by atoms with Crippen LogP contribution in [0.15, 0.2) is 12.3 Å². The number of hydrogen-bond acceptors (Lipinski definition) is 7. The third kappa shape index (κ3) is 3.43. The highest BCUT2D eigenvalue weighted by atomic mass is 16.5. The van der Waals surface area contributed by atoms with Gasteiger partial charge in [0.2, 0.25) is 0 Å². The maximum absolute atomic E-state index is 10.2. The van der Waals surface area contributed by atoms with Crippen LogP contribution in [0, 0.1) is 11.3 Å². The van der Waals surface area contributed by atoms with E-state index in [9.17, 15) is 5.11 Å². The fraction of sp³-hybridized carbons (Fsp3) is 0.538. The molecule has 0 radical (unpaired) electrons. The van der Waals surface area contributed by atoms with Crippen LogP contribution in [0.3, 0.4) is 0 Å². The molecule has 0 aromatic carbocycles. The molecule has 1 saturated heterocycles. The molecule has 7 heteroatoms. The predicted octanol–water partition coefficient (Wildman–Crippen LogP) is -0.513. The van der Waals surface area contributed by atoms with Crippen molar-refractivity contribution in [2.24, 2.45) is 5.84 Å². The van der Waals surface area contributed by atoms with E-state index in [0.29, 0.717) is 23.6 Å². The van der Waals surface area contributed by atoms with Crippen LogP contribution < -0.4 is 10.6 Å². The lowest BCUT2D eigenvalue weighted by atomic mass is 10.1. The summed E-state index contributed by atoms with van der Waals surface area (Å²) in [5, 5.41) is 20.9. The van der Waals surface area contributed by atoms with Crippen LogP contribution in [0.2, 0.25) is 0 Å². The molecule has 1 aliphatic rings. The minimum atomic E-state index is -0.707. The molecule has 0 spiro atoms. The van der Waals surface area contributed by atoms with Crippen molar-refractivity contribution in [2.45, 2.75) is 6.10 Å². The van der Waals surface area contributed by atoms with Crippen LogP contribution in [0.25, 0.3) is 0 Å². The number of nitriles is 1. The molecule has 7 nitrogen and oxygen atoms in total. The normalized spacial score (nSPS) is 18.5. The van der Waals surface area contributed by atoms with Crippen molar-refractivity contribution in [1.82, 2.24) is 14.9 Å². The molecule has 1 aromatic rings. The summed E-state index contributed by atoms with van der Waals surface area (Å²) in [6, 6.07) is 3.61. The molecule has 0 bridgehead atoms. The number of aliphatic hydroxyl groups excluding tert-OH is 1. The van der Waals surface area contributed by atoms with Gasteiger partial charge in [-0.15, -0.1) is 0 Å². The number of nitrogens with two attached hydrogens (primary N) is 1. The largest absolute Gasteiger partial charge is 0.495 e. The minimum absolute atomic E-state index is 0.361. The van der Waals surface area contributed by atoms with Crippen molar-refractivity contribution in [3.8, 4) is 11.8 Å².